The number of alkyl carbamates (subject to hydrolysis) is 1. The van der Waals surface area contributed by atoms with Crippen LogP contribution in [0.15, 0.2) is 41.1 Å². The fraction of sp³-hybridized carbons (Fsp3) is 0.417. The number of carbonyl (C=O) groups is 1. The van der Waals surface area contributed by atoms with Crippen LogP contribution >= 0.6 is 0 Å². The van der Waals surface area contributed by atoms with Gasteiger partial charge in [0.15, 0.2) is 11.4 Å². The molecule has 1 N–H and O–H groups in total. The number of pyridine rings is 1. The van der Waals surface area contributed by atoms with Gasteiger partial charge >= 0.3 is 6.09 Å². The van der Waals surface area contributed by atoms with Gasteiger partial charge in [-0.15, -0.1) is 5.10 Å². The Balaban J connectivity index is 1.30. The van der Waals surface area contributed by atoms with Crippen LogP contribution in [0.1, 0.15) is 40.5 Å². The van der Waals surface area contributed by atoms with E-state index in [0.717, 1.165) is 5.39 Å². The highest BCUT2D eigenvalue weighted by Crippen LogP contribution is 2.33. The number of imidazole rings is 1. The predicted octanol–water partition coefficient (Wildman–Crippen LogP) is 4.37. The minimum atomic E-state index is -0.521. The third kappa shape index (κ3) is 4.48. The van der Waals surface area contributed by atoms with Crippen molar-refractivity contribution in [3.63, 3.8) is 0 Å². The molecule has 1 fully saturated rings. The number of carbonyl (C=O) groups excluding carboxylic acids is 1. The van der Waals surface area contributed by atoms with Gasteiger partial charge in [-0.25, -0.2) is 19.3 Å². The maximum absolute atomic E-state index is 11.9. The highest BCUT2D eigenvalue weighted by Gasteiger charge is 2.33. The predicted molar refractivity (Wildman–Crippen MR) is 124 cm³/mol. The molecule has 10 heteroatoms. The Bertz CT molecular complexity index is 1330. The first-order valence-corrected chi connectivity index (χ1v) is 11.3. The van der Waals surface area contributed by atoms with E-state index >= 15 is 0 Å². The van der Waals surface area contributed by atoms with E-state index in [4.69, 9.17) is 18.6 Å². The molecule has 0 bridgehead atoms. The summed E-state index contributed by atoms with van der Waals surface area (Å²) in [4.78, 5) is 20.6. The van der Waals surface area contributed by atoms with E-state index in [0.29, 0.717) is 53.9 Å². The van der Waals surface area contributed by atoms with Gasteiger partial charge in [-0.1, -0.05) is 0 Å². The van der Waals surface area contributed by atoms with Crippen LogP contribution in [-0.4, -0.2) is 50.0 Å². The van der Waals surface area contributed by atoms with Crippen LogP contribution in [0.3, 0.4) is 0 Å². The van der Waals surface area contributed by atoms with Crippen molar-refractivity contribution in [1.82, 2.24) is 24.9 Å². The summed E-state index contributed by atoms with van der Waals surface area (Å²) < 4.78 is 24.7. The standard InChI is InChI=1S/C24H27N5O5/c1-5-31-22-16-12-19(33-18(16)8-9-25-22)17-13-26-20-6-7-21(28-29(17)20)32-15-10-14(11-15)27-23(30)34-24(2,3)4/h6-9,12-15H,5,10-11H2,1-4H3,(H,27,30)/t14-,15-. The molecule has 4 aromatic rings. The minimum absolute atomic E-state index is 0.0241. The molecule has 0 aliphatic heterocycles. The molecule has 1 amide bonds. The lowest BCUT2D eigenvalue weighted by Gasteiger charge is -2.35. The van der Waals surface area contributed by atoms with Crippen molar-refractivity contribution in [3.05, 3.63) is 36.7 Å². The molecule has 0 spiro atoms. The average Bonchev–Trinajstić information content (AvgIpc) is 3.35. The third-order valence-electron chi connectivity index (χ3n) is 5.38. The van der Waals surface area contributed by atoms with Gasteiger partial charge in [-0.05, 0) is 39.8 Å². The Hall–Kier alpha value is -3.82. The first kappa shape index (κ1) is 22.0. The van der Waals surface area contributed by atoms with Gasteiger partial charge in [-0.2, -0.15) is 0 Å². The zero-order valence-corrected chi connectivity index (χ0v) is 19.6. The molecule has 1 aliphatic rings. The normalized spacial score (nSPS) is 18.0. The van der Waals surface area contributed by atoms with Crippen molar-refractivity contribution < 1.29 is 23.4 Å². The van der Waals surface area contributed by atoms with E-state index in [1.54, 1.807) is 29.0 Å². The molecule has 34 heavy (non-hydrogen) atoms. The second-order valence-electron chi connectivity index (χ2n) is 9.21. The molecule has 4 aromatic heterocycles. The second kappa shape index (κ2) is 8.51. The minimum Gasteiger partial charge on any atom is -0.477 e. The summed E-state index contributed by atoms with van der Waals surface area (Å²) >= 11 is 0. The zero-order chi connectivity index (χ0) is 23.9. The average molecular weight is 466 g/mol. The third-order valence-corrected chi connectivity index (χ3v) is 5.38. The fourth-order valence-electron chi connectivity index (χ4n) is 3.83. The van der Waals surface area contributed by atoms with Crippen molar-refractivity contribution in [1.29, 1.82) is 0 Å². The number of amides is 1. The lowest BCUT2D eigenvalue weighted by atomic mass is 9.89. The van der Waals surface area contributed by atoms with Gasteiger partial charge in [0.2, 0.25) is 11.8 Å². The van der Waals surface area contributed by atoms with E-state index in [1.165, 1.54) is 0 Å². The van der Waals surface area contributed by atoms with Gasteiger partial charge in [0.1, 0.15) is 23.0 Å². The molecule has 0 atom stereocenters. The van der Waals surface area contributed by atoms with Crippen LogP contribution in [0.25, 0.3) is 28.1 Å². The number of hydrogen-bond acceptors (Lipinski definition) is 8. The summed E-state index contributed by atoms with van der Waals surface area (Å²) in [6.07, 6.45) is 4.29. The molecule has 178 valence electrons. The van der Waals surface area contributed by atoms with Gasteiger partial charge in [0, 0.05) is 37.2 Å². The SMILES string of the molecule is CCOc1nccc2oc(-c3cnc4ccc(O[C@H]5C[C@H](NC(=O)OC(C)(C)C)C5)nn34)cc12. The number of aromatic nitrogens is 4. The number of rotatable bonds is 6. The first-order valence-electron chi connectivity index (χ1n) is 11.3. The molecule has 1 aliphatic carbocycles. The van der Waals surface area contributed by atoms with Crippen LogP contribution in [-0.2, 0) is 4.74 Å². The van der Waals surface area contributed by atoms with E-state index in [2.05, 4.69) is 20.4 Å². The molecule has 4 heterocycles. The smallest absolute Gasteiger partial charge is 0.407 e. The summed E-state index contributed by atoms with van der Waals surface area (Å²) in [5.41, 5.74) is 1.52. The number of hydrogen-bond donors (Lipinski definition) is 1. The Morgan fingerprint density at radius 2 is 2.06 bits per heavy atom. The molecule has 0 aromatic carbocycles. The van der Waals surface area contributed by atoms with E-state index < -0.39 is 11.7 Å². The Morgan fingerprint density at radius 3 is 2.82 bits per heavy atom. The summed E-state index contributed by atoms with van der Waals surface area (Å²) in [5, 5.41) is 8.27. The quantitative estimate of drug-likeness (QED) is 0.447. The van der Waals surface area contributed by atoms with Crippen LogP contribution in [0.5, 0.6) is 11.8 Å². The zero-order valence-electron chi connectivity index (χ0n) is 19.6. The number of ether oxygens (including phenoxy) is 3. The fourth-order valence-corrected chi connectivity index (χ4v) is 3.83. The highest BCUT2D eigenvalue weighted by molar-refractivity contribution is 5.86. The number of nitrogens with zero attached hydrogens (tertiary/aromatic N) is 4. The topological polar surface area (TPSA) is 113 Å². The highest BCUT2D eigenvalue weighted by atomic mass is 16.6. The van der Waals surface area contributed by atoms with Crippen molar-refractivity contribution in [2.24, 2.45) is 0 Å². The largest absolute Gasteiger partial charge is 0.477 e. The maximum atomic E-state index is 11.9. The van der Waals surface area contributed by atoms with E-state index in [-0.39, 0.29) is 12.1 Å². The lowest BCUT2D eigenvalue weighted by molar-refractivity contribution is 0.0352. The first-order chi connectivity index (χ1) is 16.3. The van der Waals surface area contributed by atoms with E-state index in [1.807, 2.05) is 39.8 Å². The Morgan fingerprint density at radius 1 is 1.24 bits per heavy atom. The van der Waals surface area contributed by atoms with Crippen molar-refractivity contribution in [2.45, 2.75) is 58.3 Å². The summed E-state index contributed by atoms with van der Waals surface area (Å²) in [6, 6.07) is 7.33. The van der Waals surface area contributed by atoms with Crippen molar-refractivity contribution >= 4 is 22.7 Å². The summed E-state index contributed by atoms with van der Waals surface area (Å²) in [5.74, 6) is 1.60. The van der Waals surface area contributed by atoms with Gasteiger partial charge < -0.3 is 23.9 Å². The molecule has 10 nitrogen and oxygen atoms in total. The van der Waals surface area contributed by atoms with Crippen LogP contribution in [0.4, 0.5) is 4.79 Å². The van der Waals surface area contributed by atoms with Gasteiger partial charge in [0.05, 0.1) is 18.2 Å². The van der Waals surface area contributed by atoms with Crippen molar-refractivity contribution in [3.8, 4) is 23.2 Å². The molecular weight excluding hydrogens is 438 g/mol. The monoisotopic (exact) mass is 465 g/mol. The number of nitrogens with one attached hydrogen (secondary N) is 1. The van der Waals surface area contributed by atoms with Gasteiger partial charge in [0.25, 0.3) is 0 Å². The number of furan rings is 1. The van der Waals surface area contributed by atoms with Crippen LogP contribution < -0.4 is 14.8 Å². The molecule has 0 saturated heterocycles. The lowest BCUT2D eigenvalue weighted by Crippen LogP contribution is -2.50. The molecule has 0 unspecified atom stereocenters. The molecule has 1 saturated carbocycles. The molecule has 5 rings (SSSR count). The van der Waals surface area contributed by atoms with Crippen LogP contribution in [0.2, 0.25) is 0 Å². The van der Waals surface area contributed by atoms with Gasteiger partial charge in [-0.3, -0.25) is 0 Å². The van der Waals surface area contributed by atoms with Crippen LogP contribution in [0, 0.1) is 0 Å². The van der Waals surface area contributed by atoms with Crippen molar-refractivity contribution in [2.75, 3.05) is 6.61 Å². The molecular formula is C24H27N5O5. The second-order valence-corrected chi connectivity index (χ2v) is 9.21. The Kier molecular flexibility index (Phi) is 5.51. The van der Waals surface area contributed by atoms with E-state index in [9.17, 15) is 4.79 Å². The summed E-state index contributed by atoms with van der Waals surface area (Å²) in [7, 11) is 0. The number of fused-ring (bicyclic) bond motifs is 2. The Labute approximate surface area is 196 Å². The maximum Gasteiger partial charge on any atom is 0.407 e. The summed E-state index contributed by atoms with van der Waals surface area (Å²) in [6.45, 7) is 7.94. The molecule has 0 radical (unpaired) electrons.